The molecule has 219 valence electrons. The number of hydrogen-bond donors (Lipinski definition) is 2. The number of nitrogens with zero attached hydrogens (tertiary/aromatic N) is 4. The molecule has 2 aliphatic rings. The molecule has 0 spiro atoms. The van der Waals surface area contributed by atoms with Gasteiger partial charge in [-0.1, -0.05) is 77.9 Å². The molecule has 41 heavy (non-hydrogen) atoms. The number of hydrazone groups is 2. The summed E-state index contributed by atoms with van der Waals surface area (Å²) >= 11 is 0. The standard InChI is InChI=1S/C16H24N2O2.C16H20N2O2.La/c2*1-11-14(13(19)10-16(2,3)4)15(20)18(17-11)12-8-6-5-7-9-12;/h5-9,13-15,19-20H,10H2,1-4H3;5-9,14H,10H2,1-4H3;. The molecule has 8 nitrogen and oxygen atoms in total. The predicted octanol–water partition coefficient (Wildman–Crippen LogP) is 5.64. The van der Waals surface area contributed by atoms with Crippen molar-refractivity contribution in [3.63, 3.8) is 0 Å². The monoisotopic (exact) mass is 687 g/mol. The van der Waals surface area contributed by atoms with Gasteiger partial charge < -0.3 is 10.2 Å². The largest absolute Gasteiger partial charge is 0.392 e. The molecule has 0 fully saturated rings. The van der Waals surface area contributed by atoms with E-state index in [9.17, 15) is 19.8 Å². The first kappa shape index (κ1) is 35.0. The maximum absolute atomic E-state index is 12.4. The quantitative estimate of drug-likeness (QED) is 0.383. The number of aliphatic hydroxyl groups is 2. The van der Waals surface area contributed by atoms with Crippen LogP contribution in [0.1, 0.15) is 68.2 Å². The first-order valence-corrected chi connectivity index (χ1v) is 13.8. The van der Waals surface area contributed by atoms with E-state index in [4.69, 9.17) is 0 Å². The molecule has 0 bridgehead atoms. The first-order chi connectivity index (χ1) is 18.6. The van der Waals surface area contributed by atoms with Crippen LogP contribution in [-0.4, -0.2) is 45.7 Å². The van der Waals surface area contributed by atoms with E-state index in [1.807, 2.05) is 88.4 Å². The average Bonchev–Trinajstić information content (AvgIpc) is 3.32. The summed E-state index contributed by atoms with van der Waals surface area (Å²) in [5, 5.41) is 32.5. The van der Waals surface area contributed by atoms with Crippen LogP contribution in [-0.2, 0) is 9.59 Å². The van der Waals surface area contributed by atoms with E-state index in [2.05, 4.69) is 31.0 Å². The van der Waals surface area contributed by atoms with Crippen molar-refractivity contribution < 1.29 is 55.4 Å². The van der Waals surface area contributed by atoms with Crippen molar-refractivity contribution in [3.05, 3.63) is 60.7 Å². The van der Waals surface area contributed by atoms with Crippen molar-refractivity contribution >= 4 is 34.5 Å². The Balaban J connectivity index is 0.000000280. The van der Waals surface area contributed by atoms with E-state index in [0.717, 1.165) is 11.4 Å². The summed E-state index contributed by atoms with van der Waals surface area (Å²) in [5.74, 6) is -1.37. The summed E-state index contributed by atoms with van der Waals surface area (Å²) in [6.07, 6.45) is -0.402. The van der Waals surface area contributed by atoms with Crippen LogP contribution in [0.4, 0.5) is 11.4 Å². The van der Waals surface area contributed by atoms with Gasteiger partial charge in [-0.2, -0.15) is 15.2 Å². The van der Waals surface area contributed by atoms with Crippen LogP contribution in [0.3, 0.4) is 0 Å². The van der Waals surface area contributed by atoms with E-state index in [1.165, 1.54) is 5.01 Å². The first-order valence-electron chi connectivity index (χ1n) is 13.8. The Morgan fingerprint density at radius 1 is 0.854 bits per heavy atom. The number of amides is 1. The van der Waals surface area contributed by atoms with Gasteiger partial charge in [0.1, 0.15) is 5.92 Å². The molecule has 0 aliphatic carbocycles. The zero-order chi connectivity index (χ0) is 29.8. The number of Topliss-reactive ketones (excluding diaryl/α,β-unsaturated/α-hetero) is 1. The minimum absolute atomic E-state index is 0. The SMILES string of the molecule is CC1=NN(c2ccccc2)C(=O)C1C(=O)CC(C)(C)C.CC1=NN(c2ccccc2)C(O)C1C(O)CC(C)(C)C.[La]. The van der Waals surface area contributed by atoms with Crippen molar-refractivity contribution in [1.82, 2.24) is 0 Å². The van der Waals surface area contributed by atoms with E-state index >= 15 is 0 Å². The number of ketones is 1. The number of benzene rings is 2. The zero-order valence-corrected chi connectivity index (χ0v) is 29.2. The number of rotatable bonds is 6. The topological polar surface area (TPSA) is 106 Å². The Labute approximate surface area is 272 Å². The summed E-state index contributed by atoms with van der Waals surface area (Å²) < 4.78 is 0. The Bertz CT molecular complexity index is 1240. The van der Waals surface area contributed by atoms with E-state index in [1.54, 1.807) is 11.9 Å². The zero-order valence-electron chi connectivity index (χ0n) is 25.6. The smallest absolute Gasteiger partial charge is 0.263 e. The van der Waals surface area contributed by atoms with Gasteiger partial charge in [-0.15, -0.1) is 0 Å². The van der Waals surface area contributed by atoms with Crippen LogP contribution < -0.4 is 10.0 Å². The Kier molecular flexibility index (Phi) is 12.3. The molecular weight excluding hydrogens is 643 g/mol. The fourth-order valence-electron chi connectivity index (χ4n) is 5.00. The molecule has 9 heteroatoms. The van der Waals surface area contributed by atoms with Crippen LogP contribution in [0, 0.1) is 58.3 Å². The van der Waals surface area contributed by atoms with Crippen molar-refractivity contribution in [1.29, 1.82) is 0 Å². The number of carbonyl (C=O) groups excluding carboxylic acids is 2. The molecule has 0 saturated heterocycles. The van der Waals surface area contributed by atoms with Gasteiger partial charge in [0.15, 0.2) is 12.0 Å². The number of aliphatic hydroxyl groups excluding tert-OH is 2. The van der Waals surface area contributed by atoms with Crippen molar-refractivity contribution in [2.75, 3.05) is 10.0 Å². The van der Waals surface area contributed by atoms with Crippen LogP contribution in [0.2, 0.25) is 0 Å². The fraction of sp³-hybridized carbons (Fsp3) is 0.500. The molecule has 4 atom stereocenters. The number of anilines is 2. The van der Waals surface area contributed by atoms with Crippen LogP contribution in [0.5, 0.6) is 0 Å². The Hall–Kier alpha value is -2.17. The van der Waals surface area contributed by atoms with Gasteiger partial charge >= 0.3 is 0 Å². The predicted molar refractivity (Wildman–Crippen MR) is 161 cm³/mol. The maximum Gasteiger partial charge on any atom is 0.263 e. The van der Waals surface area contributed by atoms with Gasteiger partial charge in [0.05, 0.1) is 29.1 Å². The molecule has 2 N–H and O–H groups in total. The van der Waals surface area contributed by atoms with Gasteiger partial charge in [0.25, 0.3) is 5.91 Å². The third kappa shape index (κ3) is 9.42. The van der Waals surface area contributed by atoms with Crippen molar-refractivity contribution in [2.24, 2.45) is 32.9 Å². The minimum atomic E-state index is -0.810. The van der Waals surface area contributed by atoms with E-state index in [-0.39, 0.29) is 64.0 Å². The van der Waals surface area contributed by atoms with Crippen molar-refractivity contribution in [2.45, 2.75) is 80.6 Å². The molecule has 4 unspecified atom stereocenters. The molecular formula is C32H44LaN4O4. The third-order valence-corrected chi connectivity index (χ3v) is 6.73. The second-order valence-electron chi connectivity index (χ2n) is 13.1. The van der Waals surface area contributed by atoms with Gasteiger partial charge in [0, 0.05) is 47.7 Å². The van der Waals surface area contributed by atoms with E-state index < -0.39 is 18.2 Å². The molecule has 0 saturated carbocycles. The van der Waals surface area contributed by atoms with Gasteiger partial charge in [-0.05, 0) is 55.4 Å². The Morgan fingerprint density at radius 3 is 1.85 bits per heavy atom. The number of hydrogen-bond acceptors (Lipinski definition) is 7. The summed E-state index contributed by atoms with van der Waals surface area (Å²) in [7, 11) is 0. The van der Waals surface area contributed by atoms with Crippen LogP contribution >= 0.6 is 0 Å². The summed E-state index contributed by atoms with van der Waals surface area (Å²) in [4.78, 5) is 24.8. The molecule has 4 rings (SSSR count). The van der Waals surface area contributed by atoms with Crippen molar-refractivity contribution in [3.8, 4) is 0 Å². The molecule has 2 aliphatic heterocycles. The Morgan fingerprint density at radius 2 is 1.37 bits per heavy atom. The fourth-order valence-corrected chi connectivity index (χ4v) is 5.00. The molecule has 0 aromatic heterocycles. The number of carbonyl (C=O) groups is 2. The average molecular weight is 688 g/mol. The number of para-hydroxylation sites is 2. The summed E-state index contributed by atoms with van der Waals surface area (Å²) in [6.45, 7) is 15.8. The maximum atomic E-state index is 12.4. The van der Waals surface area contributed by atoms with E-state index in [0.29, 0.717) is 24.2 Å². The summed E-state index contributed by atoms with van der Waals surface area (Å²) in [5.41, 5.74) is 2.77. The second kappa shape index (κ2) is 14.3. The molecule has 2 aromatic carbocycles. The minimum Gasteiger partial charge on any atom is -0.392 e. The third-order valence-electron chi connectivity index (χ3n) is 6.73. The second-order valence-corrected chi connectivity index (χ2v) is 13.1. The molecule has 1 amide bonds. The van der Waals surface area contributed by atoms with Crippen LogP contribution in [0.25, 0.3) is 0 Å². The summed E-state index contributed by atoms with van der Waals surface area (Å²) in [6, 6.07) is 18.7. The molecule has 2 aromatic rings. The normalized spacial score (nSPS) is 21.4. The van der Waals surface area contributed by atoms with Gasteiger partial charge in [-0.25, -0.2) is 5.01 Å². The van der Waals surface area contributed by atoms with Gasteiger partial charge in [0.2, 0.25) is 0 Å². The van der Waals surface area contributed by atoms with Gasteiger partial charge in [-0.3, -0.25) is 9.59 Å². The molecule has 1 radical (unpaired) electrons. The molecule has 2 heterocycles. The van der Waals surface area contributed by atoms with Crippen LogP contribution in [0.15, 0.2) is 70.9 Å².